The monoisotopic (exact) mass is 817 g/mol. The lowest BCUT2D eigenvalue weighted by Gasteiger charge is -2.26. The molecule has 0 aliphatic carbocycles. The van der Waals surface area contributed by atoms with Crippen LogP contribution in [0.25, 0.3) is 68.4 Å². The van der Waals surface area contributed by atoms with Crippen molar-refractivity contribution in [1.29, 1.82) is 5.26 Å². The van der Waals surface area contributed by atoms with E-state index < -0.39 is 6.23 Å². The molecule has 6 bridgehead atoms. The zero-order valence-electron chi connectivity index (χ0n) is 33.9. The summed E-state index contributed by atoms with van der Waals surface area (Å²) < 4.78 is 24.6. The Morgan fingerprint density at radius 3 is 2.47 bits per heavy atom. The van der Waals surface area contributed by atoms with E-state index >= 15 is 0 Å². The number of rotatable bonds is 0. The molecular weight excluding hydrogens is 777 g/mol. The minimum Gasteiger partial charge on any atom is -0.473 e. The van der Waals surface area contributed by atoms with Gasteiger partial charge in [0.1, 0.15) is 17.7 Å². The van der Waals surface area contributed by atoms with Crippen molar-refractivity contribution in [2.24, 2.45) is 14.1 Å². The van der Waals surface area contributed by atoms with Gasteiger partial charge in [-0.05, 0) is 104 Å². The smallest absolute Gasteiger partial charge is 0.345 e. The second kappa shape index (κ2) is 13.6. The van der Waals surface area contributed by atoms with Gasteiger partial charge in [-0.3, -0.25) is 19.6 Å². The van der Waals surface area contributed by atoms with Crippen molar-refractivity contribution < 1.29 is 14.2 Å². The predicted octanol–water partition coefficient (Wildman–Crippen LogP) is 5.64. The number of likely N-dealkylation sites (N-methyl/N-ethyl adjacent to an activating group) is 2. The number of ether oxygens (including phenoxy) is 2. The fraction of sp³-hybridized carbons (Fsp3) is 0.279. The molecule has 300 valence electrons. The van der Waals surface area contributed by atoms with Crippen molar-refractivity contribution in [2.45, 2.75) is 39.3 Å². The Bertz CT molecular complexity index is 3150. The van der Waals surface area contributed by atoms with Crippen LogP contribution >= 0.6 is 11.5 Å². The van der Waals surface area contributed by atoms with Gasteiger partial charge in [0.15, 0.2) is 11.4 Å². The number of aromatic amines is 1. The maximum Gasteiger partial charge on any atom is 0.345 e. The molecule has 2 aromatic carbocycles. The van der Waals surface area contributed by atoms with Gasteiger partial charge in [-0.25, -0.2) is 4.68 Å². The second-order valence-electron chi connectivity index (χ2n) is 16.0. The summed E-state index contributed by atoms with van der Waals surface area (Å²) in [5.74, 6) is 1.33. The molecule has 0 fully saturated rings. The third-order valence-electron chi connectivity index (χ3n) is 11.7. The first-order chi connectivity index (χ1) is 29.1. The number of nitrogens with zero attached hydrogens (tertiary/aromatic N) is 13. The molecule has 17 heteroatoms. The number of hydrogen-bond acceptors (Lipinski definition) is 11. The number of nitrogens with one attached hydrogen (secondary N) is 1. The molecule has 16 nitrogen and oxygen atoms in total. The molecule has 1 N–H and O–H groups in total. The molecule has 3 aliphatic rings. The van der Waals surface area contributed by atoms with Crippen LogP contribution in [0.2, 0.25) is 0 Å². The first kappa shape index (κ1) is 36.2. The highest BCUT2D eigenvalue weighted by Crippen LogP contribution is 2.40. The molecular formula is C43H41N14O2S+. The van der Waals surface area contributed by atoms with E-state index in [4.69, 9.17) is 18.9 Å². The Morgan fingerprint density at radius 1 is 0.850 bits per heavy atom. The van der Waals surface area contributed by atoms with Crippen LogP contribution in [0, 0.1) is 18.3 Å². The predicted molar refractivity (Wildman–Crippen MR) is 227 cm³/mol. The van der Waals surface area contributed by atoms with E-state index in [-0.39, 0.29) is 6.10 Å². The van der Waals surface area contributed by atoms with Crippen LogP contribution in [0.4, 0.5) is 0 Å². The fourth-order valence-electron chi connectivity index (χ4n) is 8.89. The number of aromatic nitrogens is 11. The molecule has 0 radical (unpaired) electrons. The van der Waals surface area contributed by atoms with Crippen LogP contribution in [0.15, 0.2) is 48.8 Å². The van der Waals surface area contributed by atoms with E-state index in [0.717, 1.165) is 82.8 Å². The van der Waals surface area contributed by atoms with Crippen LogP contribution in [0.3, 0.4) is 0 Å². The summed E-state index contributed by atoms with van der Waals surface area (Å²) in [5, 5.41) is 34.2. The molecule has 0 saturated heterocycles. The summed E-state index contributed by atoms with van der Waals surface area (Å²) in [5.41, 5.74) is 11.3. The number of benzene rings is 2. The fourth-order valence-corrected chi connectivity index (χ4v) is 9.58. The van der Waals surface area contributed by atoms with Crippen LogP contribution in [-0.4, -0.2) is 91.9 Å². The van der Waals surface area contributed by atoms with Crippen molar-refractivity contribution in [3.8, 4) is 40.1 Å². The molecule has 9 heterocycles. The van der Waals surface area contributed by atoms with Gasteiger partial charge < -0.3 is 9.47 Å². The van der Waals surface area contributed by atoms with Gasteiger partial charge in [0.2, 0.25) is 5.88 Å². The van der Waals surface area contributed by atoms with Gasteiger partial charge in [-0.2, -0.15) is 24.9 Å². The van der Waals surface area contributed by atoms with Crippen LogP contribution < -0.4 is 14.2 Å². The molecule has 2 atom stereocenters. The number of nitriles is 1. The summed E-state index contributed by atoms with van der Waals surface area (Å²) in [7, 11) is 7.97. The van der Waals surface area contributed by atoms with Gasteiger partial charge in [0.05, 0.1) is 58.1 Å². The zero-order chi connectivity index (χ0) is 41.0. The molecule has 0 amide bonds. The number of aryl methyl sites for hydroxylation is 3. The lowest BCUT2D eigenvalue weighted by atomic mass is 10.0. The summed E-state index contributed by atoms with van der Waals surface area (Å²) in [6, 6.07) is 15.0. The van der Waals surface area contributed by atoms with Gasteiger partial charge in [-0.1, -0.05) is 17.2 Å². The van der Waals surface area contributed by atoms with Gasteiger partial charge in [-0.15, -0.1) is 4.68 Å². The normalized spacial score (nSPS) is 18.9. The van der Waals surface area contributed by atoms with Crippen molar-refractivity contribution in [1.82, 2.24) is 58.6 Å². The lowest BCUT2D eigenvalue weighted by molar-refractivity contribution is -0.832. The first-order valence-corrected chi connectivity index (χ1v) is 20.6. The highest BCUT2D eigenvalue weighted by molar-refractivity contribution is 7.06. The summed E-state index contributed by atoms with van der Waals surface area (Å²) in [6.45, 7) is 6.57. The van der Waals surface area contributed by atoms with E-state index in [0.29, 0.717) is 43.6 Å². The quantitative estimate of drug-likeness (QED) is 0.191. The third kappa shape index (κ3) is 5.63. The summed E-state index contributed by atoms with van der Waals surface area (Å²) in [4.78, 5) is 9.60. The SMILES string of the molecule is Cc1snc2c1/C=C/c1c3cc(ccc3n3[n+]1C1CN(C)Cc4c(c(C#N)nn4C)/C=C/c4n[nH]c5ccc(cc45)-c4cnn-3c4O1)-c1cnn(C)c1OC(C)CN(C)C2. The number of H-pyrrole nitrogens is 1. The lowest BCUT2D eigenvalue weighted by Crippen LogP contribution is -2.59. The van der Waals surface area contributed by atoms with Crippen molar-refractivity contribution >= 4 is 57.6 Å². The van der Waals surface area contributed by atoms with E-state index in [1.54, 1.807) is 9.36 Å². The molecule has 2 unspecified atom stereocenters. The van der Waals surface area contributed by atoms with Crippen molar-refractivity contribution in [3.05, 3.63) is 93.3 Å². The second-order valence-corrected chi connectivity index (χ2v) is 16.9. The van der Waals surface area contributed by atoms with Crippen molar-refractivity contribution in [2.75, 3.05) is 27.2 Å². The van der Waals surface area contributed by atoms with Gasteiger partial charge >= 0.3 is 5.88 Å². The topological polar surface area (TPSA) is 153 Å². The number of fused-ring (bicyclic) bond motifs is 13. The highest BCUT2D eigenvalue weighted by Gasteiger charge is 2.41. The Balaban J connectivity index is 1.18. The third-order valence-corrected chi connectivity index (χ3v) is 12.6. The van der Waals surface area contributed by atoms with Crippen LogP contribution in [-0.2, 0) is 27.2 Å². The maximum absolute atomic E-state index is 10.2. The minimum atomic E-state index is -0.526. The summed E-state index contributed by atoms with van der Waals surface area (Å²) in [6.07, 6.45) is 11.4. The average Bonchev–Trinajstić information content (AvgIpc) is 4.08. The Morgan fingerprint density at radius 2 is 1.62 bits per heavy atom. The molecule has 11 rings (SSSR count). The molecule has 3 aliphatic heterocycles. The molecule has 60 heavy (non-hydrogen) atoms. The van der Waals surface area contributed by atoms with E-state index in [2.05, 4.69) is 116 Å². The van der Waals surface area contributed by atoms with E-state index in [9.17, 15) is 5.26 Å². The molecule has 6 aromatic heterocycles. The first-order valence-electron chi connectivity index (χ1n) is 19.8. The van der Waals surface area contributed by atoms with Gasteiger partial charge in [0.25, 0.3) is 6.23 Å². The van der Waals surface area contributed by atoms with Crippen molar-refractivity contribution in [3.63, 3.8) is 0 Å². The Labute approximate surface area is 348 Å². The van der Waals surface area contributed by atoms with E-state index in [1.807, 2.05) is 49.5 Å². The standard InChI is InChI=1S/C43H41N14O2S/c1-24-20-51(3)21-37-28(25(2)60-50-37)10-14-38-31-16-27(32-18-45-54(6)42(32)58-24)8-13-39(31)57-55(38)41-23-52(4)22-40-29(36(17-44)49-53(40)5)9-12-35-30-15-26(7-11-34(30)47-48-35)33-19-46-56(57)43(33)59-41/h7-16,18-19,24,41H,20-23H2,1-6H3,(H,47,48)/q+1/b12-9+,14-10+. The zero-order valence-corrected chi connectivity index (χ0v) is 34.8. The Kier molecular flexibility index (Phi) is 8.21. The Hall–Kier alpha value is -6.87. The van der Waals surface area contributed by atoms with Crippen LogP contribution in [0.1, 0.15) is 57.6 Å². The van der Waals surface area contributed by atoms with E-state index in [1.165, 1.54) is 11.5 Å². The number of hydrogen-bond donors (Lipinski definition) is 1. The minimum absolute atomic E-state index is 0.105. The molecule has 0 saturated carbocycles. The average molecular weight is 818 g/mol. The van der Waals surface area contributed by atoms with Crippen LogP contribution in [0.5, 0.6) is 11.8 Å². The van der Waals surface area contributed by atoms with Gasteiger partial charge in [0, 0.05) is 59.9 Å². The summed E-state index contributed by atoms with van der Waals surface area (Å²) >= 11 is 1.52. The molecule has 8 aromatic rings. The highest BCUT2D eigenvalue weighted by atomic mass is 32.1. The largest absolute Gasteiger partial charge is 0.473 e. The molecule has 0 spiro atoms. The maximum atomic E-state index is 10.2.